The summed E-state index contributed by atoms with van der Waals surface area (Å²) >= 11 is 0. The first-order chi connectivity index (χ1) is 12.6. The number of benzene rings is 1. The van der Waals surface area contributed by atoms with Gasteiger partial charge in [-0.1, -0.05) is 18.2 Å². The maximum atomic E-state index is 4.60. The first kappa shape index (κ1) is 20.9. The number of hydrogen-bond acceptors (Lipinski definition) is 3. The summed E-state index contributed by atoms with van der Waals surface area (Å²) in [6.45, 7) is 5.39. The average molecular weight is 479 g/mol. The van der Waals surface area contributed by atoms with E-state index in [2.05, 4.69) is 50.9 Å². The van der Waals surface area contributed by atoms with Gasteiger partial charge in [0.05, 0.1) is 23.6 Å². The van der Waals surface area contributed by atoms with E-state index in [1.165, 1.54) is 0 Å². The molecule has 0 fully saturated rings. The van der Waals surface area contributed by atoms with Crippen molar-refractivity contribution >= 4 is 29.9 Å². The number of rotatable bonds is 5. The number of halogens is 1. The molecular formula is C19H26IN7. The highest BCUT2D eigenvalue weighted by Gasteiger charge is 2.09. The third kappa shape index (κ3) is 5.09. The fourth-order valence-corrected chi connectivity index (χ4v) is 2.89. The quantitative estimate of drug-likeness (QED) is 0.336. The predicted molar refractivity (Wildman–Crippen MR) is 119 cm³/mol. The van der Waals surface area contributed by atoms with Crippen LogP contribution in [0.5, 0.6) is 0 Å². The zero-order valence-corrected chi connectivity index (χ0v) is 18.4. The van der Waals surface area contributed by atoms with Crippen LogP contribution in [-0.4, -0.2) is 32.6 Å². The highest BCUT2D eigenvalue weighted by atomic mass is 127. The maximum absolute atomic E-state index is 4.60. The first-order valence-electron chi connectivity index (χ1n) is 8.61. The summed E-state index contributed by atoms with van der Waals surface area (Å²) in [5.74, 6) is 0.745. The number of para-hydroxylation sites is 1. The Morgan fingerprint density at radius 1 is 1.11 bits per heavy atom. The molecule has 0 bridgehead atoms. The molecule has 0 aliphatic carbocycles. The molecule has 0 saturated heterocycles. The van der Waals surface area contributed by atoms with Crippen molar-refractivity contribution in [2.75, 3.05) is 7.05 Å². The number of guanidine groups is 1. The molecule has 7 nitrogen and oxygen atoms in total. The third-order valence-corrected chi connectivity index (χ3v) is 4.26. The maximum Gasteiger partial charge on any atom is 0.191 e. The second kappa shape index (κ2) is 9.54. The highest BCUT2D eigenvalue weighted by Crippen LogP contribution is 2.16. The standard InChI is InChI=1S/C19H25N7.HI/c1-14-11-15(2)26(24-14)18-8-6-5-7-16(18)12-21-19(20-3)22-13-17-9-10-23-25(17)4;/h5-11H,12-13H2,1-4H3,(H2,20,21,22);1H. The van der Waals surface area contributed by atoms with Crippen LogP contribution < -0.4 is 10.6 Å². The van der Waals surface area contributed by atoms with Crippen LogP contribution in [0.3, 0.4) is 0 Å². The molecule has 0 amide bonds. The lowest BCUT2D eigenvalue weighted by molar-refractivity contribution is 0.684. The molecule has 3 rings (SSSR count). The van der Waals surface area contributed by atoms with Crippen molar-refractivity contribution in [3.05, 3.63) is 65.2 Å². The molecule has 27 heavy (non-hydrogen) atoms. The topological polar surface area (TPSA) is 72.1 Å². The van der Waals surface area contributed by atoms with Crippen molar-refractivity contribution < 1.29 is 0 Å². The summed E-state index contributed by atoms with van der Waals surface area (Å²) in [4.78, 5) is 4.30. The van der Waals surface area contributed by atoms with E-state index in [0.717, 1.165) is 34.3 Å². The van der Waals surface area contributed by atoms with E-state index in [1.807, 2.05) is 41.5 Å². The zero-order valence-electron chi connectivity index (χ0n) is 16.1. The van der Waals surface area contributed by atoms with E-state index in [-0.39, 0.29) is 24.0 Å². The van der Waals surface area contributed by atoms with Gasteiger partial charge < -0.3 is 10.6 Å². The molecule has 8 heteroatoms. The first-order valence-corrected chi connectivity index (χ1v) is 8.61. The SMILES string of the molecule is CN=C(NCc1ccccc1-n1nc(C)cc1C)NCc1ccnn1C.I. The van der Waals surface area contributed by atoms with E-state index in [4.69, 9.17) is 0 Å². The van der Waals surface area contributed by atoms with E-state index < -0.39 is 0 Å². The second-order valence-electron chi connectivity index (χ2n) is 6.19. The van der Waals surface area contributed by atoms with Crippen molar-refractivity contribution in [1.82, 2.24) is 30.2 Å². The lowest BCUT2D eigenvalue weighted by Gasteiger charge is -2.15. The Kier molecular flexibility index (Phi) is 7.40. The minimum absolute atomic E-state index is 0. The van der Waals surface area contributed by atoms with Gasteiger partial charge in [0.2, 0.25) is 0 Å². The van der Waals surface area contributed by atoms with E-state index in [9.17, 15) is 0 Å². The summed E-state index contributed by atoms with van der Waals surface area (Å²) in [7, 11) is 3.70. The molecule has 0 saturated carbocycles. The van der Waals surface area contributed by atoms with Crippen LogP contribution in [-0.2, 0) is 20.1 Å². The molecule has 144 valence electrons. The van der Waals surface area contributed by atoms with Gasteiger partial charge in [-0.25, -0.2) is 4.68 Å². The summed E-state index contributed by atoms with van der Waals surface area (Å²) < 4.78 is 3.83. The summed E-state index contributed by atoms with van der Waals surface area (Å²) in [5.41, 5.74) is 5.46. The molecule has 3 aromatic rings. The van der Waals surface area contributed by atoms with Gasteiger partial charge in [0.15, 0.2) is 5.96 Å². The highest BCUT2D eigenvalue weighted by molar-refractivity contribution is 14.0. The normalized spacial score (nSPS) is 11.2. The van der Waals surface area contributed by atoms with Crippen molar-refractivity contribution in [1.29, 1.82) is 0 Å². The second-order valence-corrected chi connectivity index (χ2v) is 6.19. The van der Waals surface area contributed by atoms with Crippen LogP contribution in [0.15, 0.2) is 47.6 Å². The molecular weight excluding hydrogens is 453 g/mol. The van der Waals surface area contributed by atoms with Crippen molar-refractivity contribution in [2.24, 2.45) is 12.0 Å². The van der Waals surface area contributed by atoms with Gasteiger partial charge in [-0.05, 0) is 37.6 Å². The number of nitrogens with zero attached hydrogens (tertiary/aromatic N) is 5. The van der Waals surface area contributed by atoms with Crippen LogP contribution in [0, 0.1) is 13.8 Å². The van der Waals surface area contributed by atoms with Crippen molar-refractivity contribution in [3.63, 3.8) is 0 Å². The molecule has 1 aromatic carbocycles. The van der Waals surface area contributed by atoms with Crippen LogP contribution >= 0.6 is 24.0 Å². The van der Waals surface area contributed by atoms with E-state index >= 15 is 0 Å². The smallest absolute Gasteiger partial charge is 0.191 e. The summed E-state index contributed by atoms with van der Waals surface area (Å²) in [6.07, 6.45) is 1.79. The fourth-order valence-electron chi connectivity index (χ4n) is 2.89. The Balaban J connectivity index is 0.00000261. The van der Waals surface area contributed by atoms with Crippen LogP contribution in [0.1, 0.15) is 22.6 Å². The molecule has 0 aliphatic heterocycles. The minimum Gasteiger partial charge on any atom is -0.352 e. The Morgan fingerprint density at radius 3 is 2.48 bits per heavy atom. The van der Waals surface area contributed by atoms with E-state index in [1.54, 1.807) is 13.2 Å². The number of aryl methyl sites for hydroxylation is 3. The summed E-state index contributed by atoms with van der Waals surface area (Å²) in [6, 6.07) is 12.3. The predicted octanol–water partition coefficient (Wildman–Crippen LogP) is 2.71. The lowest BCUT2D eigenvalue weighted by Crippen LogP contribution is -2.37. The number of aliphatic imine (C=N–C) groups is 1. The zero-order chi connectivity index (χ0) is 18.5. The molecule has 0 aliphatic rings. The van der Waals surface area contributed by atoms with Crippen LogP contribution in [0.2, 0.25) is 0 Å². The van der Waals surface area contributed by atoms with E-state index in [0.29, 0.717) is 13.1 Å². The molecule has 0 radical (unpaired) electrons. The number of hydrogen-bond donors (Lipinski definition) is 2. The lowest BCUT2D eigenvalue weighted by atomic mass is 10.1. The molecule has 2 N–H and O–H groups in total. The molecule has 0 unspecified atom stereocenters. The monoisotopic (exact) mass is 479 g/mol. The van der Waals surface area contributed by atoms with Gasteiger partial charge in [0, 0.05) is 32.5 Å². The Morgan fingerprint density at radius 2 is 1.85 bits per heavy atom. The Bertz CT molecular complexity index is 910. The largest absolute Gasteiger partial charge is 0.352 e. The van der Waals surface area contributed by atoms with Gasteiger partial charge in [-0.15, -0.1) is 24.0 Å². The Labute approximate surface area is 176 Å². The van der Waals surface area contributed by atoms with Crippen molar-refractivity contribution in [3.8, 4) is 5.69 Å². The molecule has 2 heterocycles. The van der Waals surface area contributed by atoms with Gasteiger partial charge in [-0.2, -0.15) is 10.2 Å². The van der Waals surface area contributed by atoms with Gasteiger partial charge >= 0.3 is 0 Å². The van der Waals surface area contributed by atoms with Gasteiger partial charge in [0.1, 0.15) is 0 Å². The molecule has 0 atom stereocenters. The average Bonchev–Trinajstić information content (AvgIpc) is 3.20. The number of aromatic nitrogens is 4. The van der Waals surface area contributed by atoms with Crippen LogP contribution in [0.25, 0.3) is 5.69 Å². The van der Waals surface area contributed by atoms with Crippen molar-refractivity contribution in [2.45, 2.75) is 26.9 Å². The van der Waals surface area contributed by atoms with Gasteiger partial charge in [-0.3, -0.25) is 9.67 Å². The van der Waals surface area contributed by atoms with Crippen LogP contribution in [0.4, 0.5) is 0 Å². The number of nitrogens with one attached hydrogen (secondary N) is 2. The summed E-state index contributed by atoms with van der Waals surface area (Å²) in [5, 5.41) is 15.5. The molecule has 0 spiro atoms. The van der Waals surface area contributed by atoms with Gasteiger partial charge in [0.25, 0.3) is 0 Å². The fraction of sp³-hybridized carbons (Fsp3) is 0.316. The minimum atomic E-state index is 0. The molecule has 2 aromatic heterocycles. The Hall–Kier alpha value is -2.36. The third-order valence-electron chi connectivity index (χ3n) is 4.26.